The van der Waals surface area contributed by atoms with Gasteiger partial charge in [-0.05, 0) is 25.0 Å². The van der Waals surface area contributed by atoms with Crippen LogP contribution < -0.4 is 0 Å². The van der Waals surface area contributed by atoms with E-state index in [9.17, 15) is 9.50 Å². The van der Waals surface area contributed by atoms with Crippen molar-refractivity contribution in [2.75, 3.05) is 0 Å². The molecule has 1 aliphatic rings. The molecular weight excluding hydrogens is 157 g/mol. The second kappa shape index (κ2) is 2.52. The largest absolute Gasteiger partial charge is 0.384 e. The number of hydrogen-bond donors (Lipinski definition) is 1. The van der Waals surface area contributed by atoms with Crippen molar-refractivity contribution in [3.8, 4) is 0 Å². The number of rotatable bonds is 2. The van der Waals surface area contributed by atoms with Crippen molar-refractivity contribution < 1.29 is 9.50 Å². The topological polar surface area (TPSA) is 33.1 Å². The third-order valence-corrected chi connectivity index (χ3v) is 2.14. The normalized spacial score (nSPS) is 19.2. The highest BCUT2D eigenvalue weighted by Gasteiger charge is 2.43. The molecule has 1 heterocycles. The van der Waals surface area contributed by atoms with Crippen LogP contribution in [0.5, 0.6) is 0 Å². The van der Waals surface area contributed by atoms with Crippen LogP contribution in [-0.2, 0) is 12.3 Å². The average Bonchev–Trinajstić information content (AvgIpc) is 2.85. The lowest BCUT2D eigenvalue weighted by atomic mass is 10.2. The molecule has 64 valence electrons. The van der Waals surface area contributed by atoms with Crippen LogP contribution in [-0.4, -0.2) is 10.1 Å². The van der Waals surface area contributed by atoms with E-state index in [1.54, 1.807) is 18.2 Å². The molecule has 0 bridgehead atoms. The molecule has 0 aliphatic heterocycles. The molecule has 12 heavy (non-hydrogen) atoms. The van der Waals surface area contributed by atoms with Crippen LogP contribution >= 0.6 is 0 Å². The van der Waals surface area contributed by atoms with Gasteiger partial charge in [0.15, 0.2) is 0 Å². The Kier molecular flexibility index (Phi) is 1.61. The molecular formula is C9H10FNO. The second-order valence-electron chi connectivity index (χ2n) is 3.18. The molecule has 2 nitrogen and oxygen atoms in total. The average molecular weight is 167 g/mol. The first kappa shape index (κ1) is 7.68. The summed E-state index contributed by atoms with van der Waals surface area (Å²) >= 11 is 0. The highest BCUT2D eigenvalue weighted by Crippen LogP contribution is 2.44. The summed E-state index contributed by atoms with van der Waals surface area (Å²) in [6, 6.07) is 5.09. The number of nitrogens with zero attached hydrogens (tertiary/aromatic N) is 1. The first-order valence-electron chi connectivity index (χ1n) is 3.99. The van der Waals surface area contributed by atoms with Gasteiger partial charge in [-0.3, -0.25) is 4.98 Å². The van der Waals surface area contributed by atoms with Gasteiger partial charge in [-0.15, -0.1) is 0 Å². The van der Waals surface area contributed by atoms with Gasteiger partial charge in [0.2, 0.25) is 0 Å². The molecule has 0 aromatic carbocycles. The van der Waals surface area contributed by atoms with E-state index < -0.39 is 12.3 Å². The SMILES string of the molecule is OC1(c2cccc(CF)n2)CC1. The summed E-state index contributed by atoms with van der Waals surface area (Å²) in [5, 5.41) is 9.64. The molecule has 0 atom stereocenters. The van der Waals surface area contributed by atoms with Crippen LogP contribution in [0.25, 0.3) is 0 Å². The first-order valence-corrected chi connectivity index (χ1v) is 3.99. The quantitative estimate of drug-likeness (QED) is 0.724. The van der Waals surface area contributed by atoms with E-state index in [-0.39, 0.29) is 0 Å². The zero-order valence-electron chi connectivity index (χ0n) is 6.63. The van der Waals surface area contributed by atoms with E-state index in [4.69, 9.17) is 0 Å². The third kappa shape index (κ3) is 1.20. The summed E-state index contributed by atoms with van der Waals surface area (Å²) in [7, 11) is 0. The number of halogens is 1. The minimum absolute atomic E-state index is 0.396. The Morgan fingerprint density at radius 3 is 2.83 bits per heavy atom. The maximum Gasteiger partial charge on any atom is 0.131 e. The number of pyridine rings is 1. The summed E-state index contributed by atoms with van der Waals surface area (Å²) in [4.78, 5) is 4.00. The van der Waals surface area contributed by atoms with Crippen LogP contribution in [0.3, 0.4) is 0 Å². The lowest BCUT2D eigenvalue weighted by molar-refractivity contribution is 0.146. The second-order valence-corrected chi connectivity index (χ2v) is 3.18. The molecule has 0 spiro atoms. The van der Waals surface area contributed by atoms with Crippen molar-refractivity contribution in [3.63, 3.8) is 0 Å². The maximum absolute atomic E-state index is 12.2. The van der Waals surface area contributed by atoms with Gasteiger partial charge in [-0.25, -0.2) is 4.39 Å². The fourth-order valence-corrected chi connectivity index (χ4v) is 1.19. The number of alkyl halides is 1. The summed E-state index contributed by atoms with van der Waals surface area (Å²) < 4.78 is 12.2. The molecule has 2 rings (SSSR count). The third-order valence-electron chi connectivity index (χ3n) is 2.14. The van der Waals surface area contributed by atoms with Crippen molar-refractivity contribution in [1.82, 2.24) is 4.98 Å². The molecule has 1 fully saturated rings. The van der Waals surface area contributed by atoms with E-state index in [0.717, 1.165) is 12.8 Å². The zero-order chi connectivity index (χ0) is 8.60. The van der Waals surface area contributed by atoms with E-state index in [0.29, 0.717) is 11.4 Å². The molecule has 0 saturated heterocycles. The lowest BCUT2D eigenvalue weighted by Gasteiger charge is -2.06. The Morgan fingerprint density at radius 2 is 2.25 bits per heavy atom. The summed E-state index contributed by atoms with van der Waals surface area (Å²) in [5.74, 6) is 0. The standard InChI is InChI=1S/C9H10FNO/c10-6-7-2-1-3-8(11-7)9(12)4-5-9/h1-3,12H,4-6H2. The highest BCUT2D eigenvalue weighted by molar-refractivity contribution is 5.21. The Labute approximate surface area is 70.1 Å². The molecule has 1 saturated carbocycles. The fourth-order valence-electron chi connectivity index (χ4n) is 1.19. The Bertz CT molecular complexity index is 296. The van der Waals surface area contributed by atoms with Crippen LogP contribution in [0.4, 0.5) is 4.39 Å². The molecule has 1 aromatic heterocycles. The van der Waals surface area contributed by atoms with Gasteiger partial charge in [0.25, 0.3) is 0 Å². The van der Waals surface area contributed by atoms with Crippen molar-refractivity contribution in [2.45, 2.75) is 25.1 Å². The van der Waals surface area contributed by atoms with Crippen LogP contribution in [0, 0.1) is 0 Å². The molecule has 1 aromatic rings. The van der Waals surface area contributed by atoms with Gasteiger partial charge in [0.05, 0.1) is 11.4 Å². The molecule has 1 aliphatic carbocycles. The summed E-state index contributed by atoms with van der Waals surface area (Å²) in [5.41, 5.74) is 0.260. The minimum atomic E-state index is -0.745. The molecule has 0 radical (unpaired) electrons. The van der Waals surface area contributed by atoms with Crippen molar-refractivity contribution in [3.05, 3.63) is 29.6 Å². The van der Waals surface area contributed by atoms with E-state index in [1.807, 2.05) is 0 Å². The molecule has 1 N–H and O–H groups in total. The predicted molar refractivity (Wildman–Crippen MR) is 42.2 cm³/mol. The Hall–Kier alpha value is -0.960. The van der Waals surface area contributed by atoms with Gasteiger partial charge >= 0.3 is 0 Å². The van der Waals surface area contributed by atoms with E-state index in [2.05, 4.69) is 4.98 Å². The maximum atomic E-state index is 12.2. The molecule has 3 heteroatoms. The Balaban J connectivity index is 2.32. The van der Waals surface area contributed by atoms with Gasteiger partial charge in [0.1, 0.15) is 12.3 Å². The highest BCUT2D eigenvalue weighted by atomic mass is 19.1. The Morgan fingerprint density at radius 1 is 1.50 bits per heavy atom. The van der Waals surface area contributed by atoms with Gasteiger partial charge in [-0.2, -0.15) is 0 Å². The van der Waals surface area contributed by atoms with Gasteiger partial charge in [0, 0.05) is 0 Å². The minimum Gasteiger partial charge on any atom is -0.384 e. The van der Waals surface area contributed by atoms with Gasteiger partial charge < -0.3 is 5.11 Å². The molecule has 0 amide bonds. The number of aromatic nitrogens is 1. The van der Waals surface area contributed by atoms with Crippen molar-refractivity contribution in [2.24, 2.45) is 0 Å². The van der Waals surface area contributed by atoms with E-state index in [1.165, 1.54) is 0 Å². The molecule has 0 unspecified atom stereocenters. The smallest absolute Gasteiger partial charge is 0.131 e. The van der Waals surface area contributed by atoms with Gasteiger partial charge in [-0.1, -0.05) is 6.07 Å². The van der Waals surface area contributed by atoms with Crippen molar-refractivity contribution in [1.29, 1.82) is 0 Å². The first-order chi connectivity index (χ1) is 5.74. The van der Waals surface area contributed by atoms with Crippen LogP contribution in [0.1, 0.15) is 24.2 Å². The van der Waals surface area contributed by atoms with Crippen LogP contribution in [0.2, 0.25) is 0 Å². The monoisotopic (exact) mass is 167 g/mol. The number of aliphatic hydroxyl groups is 1. The lowest BCUT2D eigenvalue weighted by Crippen LogP contribution is -2.07. The number of hydrogen-bond acceptors (Lipinski definition) is 2. The van der Waals surface area contributed by atoms with Crippen molar-refractivity contribution >= 4 is 0 Å². The zero-order valence-corrected chi connectivity index (χ0v) is 6.63. The predicted octanol–water partition coefficient (Wildman–Crippen LogP) is 1.53. The fraction of sp³-hybridized carbons (Fsp3) is 0.444. The van der Waals surface area contributed by atoms with Crippen LogP contribution in [0.15, 0.2) is 18.2 Å². The van der Waals surface area contributed by atoms with E-state index >= 15 is 0 Å². The summed E-state index contributed by atoms with van der Waals surface area (Å²) in [6.07, 6.45) is 1.49. The summed E-state index contributed by atoms with van der Waals surface area (Å²) in [6.45, 7) is -0.566.